The van der Waals surface area contributed by atoms with Gasteiger partial charge in [0, 0.05) is 5.69 Å². The maximum Gasteiger partial charge on any atom is 0.387 e. The van der Waals surface area contributed by atoms with Crippen molar-refractivity contribution in [3.8, 4) is 5.75 Å². The number of para-hydroxylation sites is 2. The summed E-state index contributed by atoms with van der Waals surface area (Å²) in [6.07, 6.45) is 1.17. The van der Waals surface area contributed by atoms with Gasteiger partial charge in [-0.1, -0.05) is 12.1 Å². The highest BCUT2D eigenvalue weighted by Crippen LogP contribution is 2.26. The highest BCUT2D eigenvalue weighted by molar-refractivity contribution is 6.04. The molecule has 0 atom stereocenters. The smallest absolute Gasteiger partial charge is 0.387 e. The largest absolute Gasteiger partial charge is 0.435 e. The van der Waals surface area contributed by atoms with Crippen molar-refractivity contribution in [2.45, 2.75) is 13.5 Å². The standard InChI is InChI=1S/C19H15F3N4O/c1-12-24-16-4-2-3-5-17(16)26(12)19-23-10-13(20)11-25(19)14-6-8-15(9-7-14)27-18(21)22/h2-10,18H,11H2,1H3. The molecule has 0 unspecified atom stereocenters. The third-order valence-electron chi connectivity index (χ3n) is 4.17. The van der Waals surface area contributed by atoms with Gasteiger partial charge in [-0.25, -0.2) is 14.4 Å². The second-order valence-electron chi connectivity index (χ2n) is 5.95. The minimum Gasteiger partial charge on any atom is -0.435 e. The number of anilines is 1. The zero-order valence-corrected chi connectivity index (χ0v) is 14.3. The lowest BCUT2D eigenvalue weighted by Crippen LogP contribution is -2.39. The van der Waals surface area contributed by atoms with E-state index in [4.69, 9.17) is 0 Å². The molecule has 0 N–H and O–H groups in total. The minimum atomic E-state index is -2.90. The molecule has 138 valence electrons. The van der Waals surface area contributed by atoms with Crippen molar-refractivity contribution < 1.29 is 17.9 Å². The summed E-state index contributed by atoms with van der Waals surface area (Å²) in [5, 5.41) is 0. The molecule has 0 aliphatic carbocycles. The van der Waals surface area contributed by atoms with E-state index >= 15 is 0 Å². The van der Waals surface area contributed by atoms with E-state index in [1.165, 1.54) is 18.3 Å². The molecule has 0 saturated carbocycles. The highest BCUT2D eigenvalue weighted by atomic mass is 19.3. The van der Waals surface area contributed by atoms with Crippen molar-refractivity contribution in [2.75, 3.05) is 11.4 Å². The molecule has 27 heavy (non-hydrogen) atoms. The number of ether oxygens (including phenoxy) is 1. The fourth-order valence-electron chi connectivity index (χ4n) is 3.05. The van der Waals surface area contributed by atoms with E-state index in [1.807, 2.05) is 35.8 Å². The average Bonchev–Trinajstić information content (AvgIpc) is 2.98. The quantitative estimate of drug-likeness (QED) is 0.681. The second kappa shape index (κ2) is 6.79. The highest BCUT2D eigenvalue weighted by Gasteiger charge is 2.24. The molecule has 1 aliphatic rings. The third-order valence-corrected chi connectivity index (χ3v) is 4.17. The van der Waals surface area contributed by atoms with Gasteiger partial charge < -0.3 is 9.64 Å². The molecule has 2 aromatic carbocycles. The Kier molecular flexibility index (Phi) is 4.31. The number of rotatable bonds is 3. The lowest BCUT2D eigenvalue weighted by Gasteiger charge is -2.28. The fourth-order valence-corrected chi connectivity index (χ4v) is 3.05. The lowest BCUT2D eigenvalue weighted by molar-refractivity contribution is -0.0498. The van der Waals surface area contributed by atoms with E-state index in [1.54, 1.807) is 17.0 Å². The van der Waals surface area contributed by atoms with Gasteiger partial charge in [0.25, 0.3) is 0 Å². The summed E-state index contributed by atoms with van der Waals surface area (Å²) in [6.45, 7) is -1.09. The predicted molar refractivity (Wildman–Crippen MR) is 96.9 cm³/mol. The van der Waals surface area contributed by atoms with E-state index in [0.717, 1.165) is 11.0 Å². The molecule has 1 aromatic heterocycles. The SMILES string of the molecule is Cc1nc2ccccc2n1C1=NC=C(F)CN1c1ccc(OC(F)F)cc1. The Labute approximate surface area is 153 Å². The van der Waals surface area contributed by atoms with Gasteiger partial charge in [-0.2, -0.15) is 8.78 Å². The van der Waals surface area contributed by atoms with Crippen LogP contribution >= 0.6 is 0 Å². The van der Waals surface area contributed by atoms with Gasteiger partial charge in [-0.15, -0.1) is 0 Å². The van der Waals surface area contributed by atoms with Crippen LogP contribution < -0.4 is 9.64 Å². The van der Waals surface area contributed by atoms with E-state index in [9.17, 15) is 13.2 Å². The van der Waals surface area contributed by atoms with Crippen molar-refractivity contribution in [3.05, 3.63) is 66.4 Å². The number of fused-ring (bicyclic) bond motifs is 1. The number of alkyl halides is 2. The number of hydrogen-bond donors (Lipinski definition) is 0. The zero-order chi connectivity index (χ0) is 19.0. The van der Waals surface area contributed by atoms with E-state index < -0.39 is 12.4 Å². The van der Waals surface area contributed by atoms with Crippen molar-refractivity contribution >= 4 is 22.7 Å². The molecule has 2 heterocycles. The summed E-state index contributed by atoms with van der Waals surface area (Å²) < 4.78 is 44.9. The first kappa shape index (κ1) is 17.1. The first-order chi connectivity index (χ1) is 13.0. The Balaban J connectivity index is 1.77. The second-order valence-corrected chi connectivity index (χ2v) is 5.95. The van der Waals surface area contributed by atoms with Crippen molar-refractivity contribution in [3.63, 3.8) is 0 Å². The van der Waals surface area contributed by atoms with Crippen LogP contribution in [0.1, 0.15) is 5.82 Å². The van der Waals surface area contributed by atoms with Crippen molar-refractivity contribution in [1.82, 2.24) is 9.55 Å². The van der Waals surface area contributed by atoms with Crippen molar-refractivity contribution in [1.29, 1.82) is 0 Å². The van der Waals surface area contributed by atoms with Gasteiger partial charge in [0.1, 0.15) is 17.4 Å². The number of aliphatic imine (C=N–C) groups is 1. The first-order valence-electron chi connectivity index (χ1n) is 8.22. The summed E-state index contributed by atoms with van der Waals surface area (Å²) in [5.41, 5.74) is 2.23. The summed E-state index contributed by atoms with van der Waals surface area (Å²) in [6, 6.07) is 13.6. The van der Waals surface area contributed by atoms with Crippen LogP contribution in [-0.4, -0.2) is 28.7 Å². The number of halogens is 3. The first-order valence-corrected chi connectivity index (χ1v) is 8.22. The van der Waals surface area contributed by atoms with Gasteiger partial charge in [0.05, 0.1) is 23.8 Å². The maximum atomic E-state index is 14.0. The molecular formula is C19H15F3N4O. The summed E-state index contributed by atoms with van der Waals surface area (Å²) in [4.78, 5) is 10.4. The Bertz CT molecular complexity index is 1040. The van der Waals surface area contributed by atoms with Crippen LogP contribution in [0.2, 0.25) is 0 Å². The van der Waals surface area contributed by atoms with Crippen LogP contribution in [0, 0.1) is 6.92 Å². The molecule has 4 rings (SSSR count). The fraction of sp³-hybridized carbons (Fsp3) is 0.158. The van der Waals surface area contributed by atoms with E-state index in [-0.39, 0.29) is 12.3 Å². The number of hydrogen-bond acceptors (Lipinski definition) is 4. The Hall–Kier alpha value is -3.29. The molecule has 0 spiro atoms. The molecule has 0 fully saturated rings. The van der Waals surface area contributed by atoms with Gasteiger partial charge in [0.15, 0.2) is 0 Å². The van der Waals surface area contributed by atoms with E-state index in [0.29, 0.717) is 17.5 Å². The van der Waals surface area contributed by atoms with E-state index in [2.05, 4.69) is 14.7 Å². The van der Waals surface area contributed by atoms with Crippen LogP contribution in [0.5, 0.6) is 5.75 Å². The maximum absolute atomic E-state index is 14.0. The number of aryl methyl sites for hydroxylation is 1. The number of benzene rings is 2. The zero-order valence-electron chi connectivity index (χ0n) is 14.3. The average molecular weight is 372 g/mol. The summed E-state index contributed by atoms with van der Waals surface area (Å²) in [7, 11) is 0. The lowest BCUT2D eigenvalue weighted by atomic mass is 10.2. The summed E-state index contributed by atoms with van der Waals surface area (Å²) >= 11 is 0. The van der Waals surface area contributed by atoms with Gasteiger partial charge in [-0.3, -0.25) is 4.57 Å². The minimum absolute atomic E-state index is 0.0279. The van der Waals surface area contributed by atoms with Gasteiger partial charge >= 0.3 is 6.61 Å². The molecule has 0 saturated heterocycles. The molecule has 3 aromatic rings. The van der Waals surface area contributed by atoms with Crippen LogP contribution in [0.25, 0.3) is 11.0 Å². The number of imidazole rings is 1. The monoisotopic (exact) mass is 372 g/mol. The Morgan fingerprint density at radius 1 is 1.07 bits per heavy atom. The van der Waals surface area contributed by atoms with Crippen LogP contribution in [0.4, 0.5) is 18.9 Å². The normalized spacial score (nSPS) is 14.5. The van der Waals surface area contributed by atoms with Gasteiger partial charge in [-0.05, 0) is 43.3 Å². The molecular weight excluding hydrogens is 357 g/mol. The molecule has 0 amide bonds. The van der Waals surface area contributed by atoms with Crippen LogP contribution in [0.15, 0.2) is 65.6 Å². The summed E-state index contributed by atoms with van der Waals surface area (Å²) in [5.74, 6) is 0.802. The molecule has 5 nitrogen and oxygen atoms in total. The number of aromatic nitrogens is 2. The Morgan fingerprint density at radius 3 is 2.56 bits per heavy atom. The van der Waals surface area contributed by atoms with Crippen LogP contribution in [-0.2, 0) is 0 Å². The molecule has 1 aliphatic heterocycles. The molecule has 8 heteroatoms. The third kappa shape index (κ3) is 3.25. The Morgan fingerprint density at radius 2 is 1.81 bits per heavy atom. The van der Waals surface area contributed by atoms with Gasteiger partial charge in [0.2, 0.25) is 5.96 Å². The molecule has 0 bridgehead atoms. The molecule has 0 radical (unpaired) electrons. The number of nitrogens with zero attached hydrogens (tertiary/aromatic N) is 4. The van der Waals surface area contributed by atoms with Crippen LogP contribution in [0.3, 0.4) is 0 Å². The predicted octanol–water partition coefficient (Wildman–Crippen LogP) is 4.48. The van der Waals surface area contributed by atoms with Crippen molar-refractivity contribution in [2.24, 2.45) is 4.99 Å². The topological polar surface area (TPSA) is 42.7 Å².